The third-order valence-electron chi connectivity index (χ3n) is 2.28. The first-order valence-electron chi connectivity index (χ1n) is 5.47. The van der Waals surface area contributed by atoms with Gasteiger partial charge in [0.15, 0.2) is 0 Å². The summed E-state index contributed by atoms with van der Waals surface area (Å²) in [5.74, 6) is 1.63. The maximum Gasteiger partial charge on any atom is 0.233 e. The lowest BCUT2D eigenvalue weighted by atomic mass is 10.1. The fourth-order valence-electron chi connectivity index (χ4n) is 0.990. The molecule has 0 spiro atoms. The zero-order chi connectivity index (χ0) is 12.1. The van der Waals surface area contributed by atoms with Crippen LogP contribution < -0.4 is 10.1 Å². The predicted molar refractivity (Wildman–Crippen MR) is 68.8 cm³/mol. The second-order valence-corrected chi connectivity index (χ2v) is 4.80. The minimum Gasteiger partial charge on any atom is -0.473 e. The van der Waals surface area contributed by atoms with Gasteiger partial charge in [0.1, 0.15) is 0 Å². The van der Waals surface area contributed by atoms with E-state index in [4.69, 9.17) is 4.74 Å². The van der Waals surface area contributed by atoms with Crippen LogP contribution in [0.15, 0.2) is 10.7 Å². The predicted octanol–water partition coefficient (Wildman–Crippen LogP) is 3.09. The molecule has 1 unspecified atom stereocenters. The molecule has 0 aliphatic carbocycles. The van der Waals surface area contributed by atoms with E-state index in [2.05, 4.69) is 45.1 Å². The van der Waals surface area contributed by atoms with Crippen molar-refractivity contribution in [3.8, 4) is 5.88 Å². The van der Waals surface area contributed by atoms with Crippen LogP contribution in [0, 0.1) is 5.92 Å². The van der Waals surface area contributed by atoms with E-state index in [0.717, 1.165) is 11.0 Å². The topological polar surface area (TPSA) is 47.0 Å². The van der Waals surface area contributed by atoms with Gasteiger partial charge in [-0.1, -0.05) is 13.8 Å². The third-order valence-corrected chi connectivity index (χ3v) is 2.83. The smallest absolute Gasteiger partial charge is 0.233 e. The van der Waals surface area contributed by atoms with Gasteiger partial charge in [-0.3, -0.25) is 0 Å². The summed E-state index contributed by atoms with van der Waals surface area (Å²) in [4.78, 5) is 8.42. The highest BCUT2D eigenvalue weighted by atomic mass is 79.9. The standard InChI is InChI=1S/C11H18BrN3O/c1-5-13-11-14-6-9(12)10(15-11)16-8(4)7(2)3/h6-8H,5H2,1-4H3,(H,13,14,15). The van der Waals surface area contributed by atoms with Crippen molar-refractivity contribution in [3.63, 3.8) is 0 Å². The Kier molecular flexibility index (Phi) is 4.99. The summed E-state index contributed by atoms with van der Waals surface area (Å²) in [6, 6.07) is 0. The fraction of sp³-hybridized carbons (Fsp3) is 0.636. The summed E-state index contributed by atoms with van der Waals surface area (Å²) < 4.78 is 6.53. The molecule has 0 aliphatic heterocycles. The molecule has 0 radical (unpaired) electrons. The Morgan fingerprint density at radius 3 is 2.69 bits per heavy atom. The summed E-state index contributed by atoms with van der Waals surface area (Å²) in [7, 11) is 0. The zero-order valence-corrected chi connectivity index (χ0v) is 11.7. The first-order chi connectivity index (χ1) is 7.54. The highest BCUT2D eigenvalue weighted by molar-refractivity contribution is 9.10. The minimum absolute atomic E-state index is 0.126. The normalized spacial score (nSPS) is 12.6. The first-order valence-corrected chi connectivity index (χ1v) is 6.27. The Morgan fingerprint density at radius 2 is 2.12 bits per heavy atom. The maximum absolute atomic E-state index is 5.76. The number of anilines is 1. The van der Waals surface area contributed by atoms with E-state index in [1.54, 1.807) is 6.20 Å². The Hall–Kier alpha value is -0.840. The summed E-state index contributed by atoms with van der Waals surface area (Å²) in [6.07, 6.45) is 1.83. The lowest BCUT2D eigenvalue weighted by Gasteiger charge is -2.18. The SMILES string of the molecule is CCNc1ncc(Br)c(OC(C)C(C)C)n1. The van der Waals surface area contributed by atoms with E-state index in [1.165, 1.54) is 0 Å². The molecule has 0 aromatic carbocycles. The first kappa shape index (κ1) is 13.2. The second kappa shape index (κ2) is 6.03. The highest BCUT2D eigenvalue weighted by Gasteiger charge is 2.13. The van der Waals surface area contributed by atoms with Crippen molar-refractivity contribution < 1.29 is 4.74 Å². The molecule has 0 bridgehead atoms. The van der Waals surface area contributed by atoms with Gasteiger partial charge in [0.2, 0.25) is 11.8 Å². The van der Waals surface area contributed by atoms with Crippen LogP contribution in [0.5, 0.6) is 5.88 Å². The number of hydrogen-bond acceptors (Lipinski definition) is 4. The van der Waals surface area contributed by atoms with Crippen LogP contribution in [0.1, 0.15) is 27.7 Å². The van der Waals surface area contributed by atoms with Gasteiger partial charge in [-0.15, -0.1) is 0 Å². The largest absolute Gasteiger partial charge is 0.473 e. The average Bonchev–Trinajstić information content (AvgIpc) is 2.23. The van der Waals surface area contributed by atoms with E-state index in [0.29, 0.717) is 17.7 Å². The van der Waals surface area contributed by atoms with Gasteiger partial charge in [-0.25, -0.2) is 4.98 Å². The van der Waals surface area contributed by atoms with Crippen molar-refractivity contribution >= 4 is 21.9 Å². The van der Waals surface area contributed by atoms with Gasteiger partial charge in [0.25, 0.3) is 0 Å². The lowest BCUT2D eigenvalue weighted by molar-refractivity contribution is 0.162. The van der Waals surface area contributed by atoms with Gasteiger partial charge in [-0.05, 0) is 35.7 Å². The van der Waals surface area contributed by atoms with Crippen molar-refractivity contribution in [1.29, 1.82) is 0 Å². The number of halogens is 1. The number of aromatic nitrogens is 2. The number of hydrogen-bond donors (Lipinski definition) is 1. The molecule has 1 aromatic heterocycles. The lowest BCUT2D eigenvalue weighted by Crippen LogP contribution is -2.20. The van der Waals surface area contributed by atoms with E-state index in [9.17, 15) is 0 Å². The molecule has 0 saturated heterocycles. The molecular formula is C11H18BrN3O. The van der Waals surface area contributed by atoms with E-state index < -0.39 is 0 Å². The van der Waals surface area contributed by atoms with Crippen molar-refractivity contribution in [1.82, 2.24) is 9.97 Å². The second-order valence-electron chi connectivity index (χ2n) is 3.94. The Balaban J connectivity index is 2.81. The molecule has 16 heavy (non-hydrogen) atoms. The molecule has 90 valence electrons. The molecule has 1 heterocycles. The molecule has 4 nitrogen and oxygen atoms in total. The van der Waals surface area contributed by atoms with Crippen molar-refractivity contribution in [2.45, 2.75) is 33.8 Å². The van der Waals surface area contributed by atoms with Gasteiger partial charge in [0.05, 0.1) is 16.8 Å². The van der Waals surface area contributed by atoms with Crippen molar-refractivity contribution in [3.05, 3.63) is 10.7 Å². The maximum atomic E-state index is 5.76. The molecular weight excluding hydrogens is 270 g/mol. The van der Waals surface area contributed by atoms with Crippen molar-refractivity contribution in [2.24, 2.45) is 5.92 Å². The van der Waals surface area contributed by atoms with Crippen LogP contribution >= 0.6 is 15.9 Å². The Morgan fingerprint density at radius 1 is 1.44 bits per heavy atom. The molecule has 0 fully saturated rings. The summed E-state index contributed by atoms with van der Waals surface area (Å²) in [5, 5.41) is 3.05. The molecule has 1 atom stereocenters. The van der Waals surface area contributed by atoms with Gasteiger partial charge < -0.3 is 10.1 Å². The average molecular weight is 288 g/mol. The molecule has 1 rings (SSSR count). The van der Waals surface area contributed by atoms with Gasteiger partial charge >= 0.3 is 0 Å². The molecule has 1 aromatic rings. The van der Waals surface area contributed by atoms with E-state index in [1.807, 2.05) is 13.8 Å². The van der Waals surface area contributed by atoms with Gasteiger partial charge in [0, 0.05) is 6.54 Å². The summed E-state index contributed by atoms with van der Waals surface area (Å²) in [5.41, 5.74) is 0. The summed E-state index contributed by atoms with van der Waals surface area (Å²) in [6.45, 7) is 9.06. The third kappa shape index (κ3) is 3.63. The molecule has 0 amide bonds. The molecule has 0 aliphatic rings. The Labute approximate surface area is 105 Å². The van der Waals surface area contributed by atoms with Crippen LogP contribution in [0.3, 0.4) is 0 Å². The van der Waals surface area contributed by atoms with Crippen LogP contribution in [-0.4, -0.2) is 22.6 Å². The number of ether oxygens (including phenoxy) is 1. The molecule has 0 saturated carbocycles. The van der Waals surface area contributed by atoms with Crippen LogP contribution in [0.4, 0.5) is 5.95 Å². The number of rotatable bonds is 5. The Bertz CT molecular complexity index is 344. The van der Waals surface area contributed by atoms with Crippen LogP contribution in [-0.2, 0) is 0 Å². The fourth-order valence-corrected chi connectivity index (χ4v) is 1.27. The quantitative estimate of drug-likeness (QED) is 0.904. The number of nitrogens with zero attached hydrogens (tertiary/aromatic N) is 2. The van der Waals surface area contributed by atoms with E-state index >= 15 is 0 Å². The minimum atomic E-state index is 0.126. The molecule has 5 heteroatoms. The monoisotopic (exact) mass is 287 g/mol. The zero-order valence-electron chi connectivity index (χ0n) is 10.1. The highest BCUT2D eigenvalue weighted by Crippen LogP contribution is 2.24. The van der Waals surface area contributed by atoms with Crippen LogP contribution in [0.25, 0.3) is 0 Å². The van der Waals surface area contributed by atoms with Gasteiger partial charge in [-0.2, -0.15) is 4.98 Å². The van der Waals surface area contributed by atoms with Crippen LogP contribution in [0.2, 0.25) is 0 Å². The molecule has 1 N–H and O–H groups in total. The van der Waals surface area contributed by atoms with Crippen molar-refractivity contribution in [2.75, 3.05) is 11.9 Å². The number of nitrogens with one attached hydrogen (secondary N) is 1. The van der Waals surface area contributed by atoms with E-state index in [-0.39, 0.29) is 6.10 Å². The summed E-state index contributed by atoms with van der Waals surface area (Å²) >= 11 is 3.38.